The highest BCUT2D eigenvalue weighted by Gasteiger charge is 2.14. The lowest BCUT2D eigenvalue weighted by Gasteiger charge is -2.18. The van der Waals surface area contributed by atoms with Crippen molar-refractivity contribution < 1.29 is 0 Å². The normalized spacial score (nSPS) is 10.9. The number of nitrogens with one attached hydrogen (secondary N) is 2. The Labute approximate surface area is 329 Å². The molecule has 0 aliphatic carbocycles. The smallest absolute Gasteiger partial charge is 0.0470 e. The van der Waals surface area contributed by atoms with E-state index >= 15 is 0 Å². The highest BCUT2D eigenvalue weighted by Crippen LogP contribution is 2.40. The summed E-state index contributed by atoms with van der Waals surface area (Å²) < 4.78 is 0. The largest absolute Gasteiger partial charge is 0.355 e. The first-order valence-corrected chi connectivity index (χ1v) is 19.1. The summed E-state index contributed by atoms with van der Waals surface area (Å²) in [4.78, 5) is 0. The Kier molecular flexibility index (Phi) is 9.75. The zero-order valence-corrected chi connectivity index (χ0v) is 30.9. The highest BCUT2D eigenvalue weighted by atomic mass is 14.9. The summed E-state index contributed by atoms with van der Waals surface area (Å²) in [5.74, 6) is 0. The van der Waals surface area contributed by atoms with Gasteiger partial charge in [-0.2, -0.15) is 0 Å². The summed E-state index contributed by atoms with van der Waals surface area (Å²) >= 11 is 0. The van der Waals surface area contributed by atoms with E-state index < -0.39 is 0 Å². The van der Waals surface area contributed by atoms with Gasteiger partial charge in [-0.15, -0.1) is 0 Å². The molecule has 0 aliphatic rings. The van der Waals surface area contributed by atoms with Crippen LogP contribution in [0.1, 0.15) is 0 Å². The quantitative estimate of drug-likeness (QED) is 0.147. The van der Waals surface area contributed by atoms with E-state index in [2.05, 4.69) is 241 Å². The van der Waals surface area contributed by atoms with Gasteiger partial charge in [-0.05, 0) is 104 Å². The molecule has 0 heterocycles. The fourth-order valence-corrected chi connectivity index (χ4v) is 7.40. The van der Waals surface area contributed by atoms with E-state index in [0.717, 1.165) is 67.3 Å². The molecule has 0 saturated carbocycles. The third-order valence-electron chi connectivity index (χ3n) is 10.2. The predicted octanol–water partition coefficient (Wildman–Crippen LogP) is 15.2. The maximum atomic E-state index is 3.90. The van der Waals surface area contributed by atoms with Crippen LogP contribution < -0.4 is 10.6 Å². The van der Waals surface area contributed by atoms with Crippen LogP contribution in [0.4, 0.5) is 22.7 Å². The van der Waals surface area contributed by atoms with E-state index in [-0.39, 0.29) is 0 Å². The molecular weight excluding hydrogens is 677 g/mol. The highest BCUT2D eigenvalue weighted by molar-refractivity contribution is 5.90. The molecule has 9 aromatic rings. The molecule has 0 amide bonds. The van der Waals surface area contributed by atoms with Crippen molar-refractivity contribution in [1.29, 1.82) is 0 Å². The molecule has 0 atom stereocenters. The van der Waals surface area contributed by atoms with Gasteiger partial charge in [0.05, 0.1) is 0 Å². The summed E-state index contributed by atoms with van der Waals surface area (Å²) in [6, 6.07) is 81.9. The van der Waals surface area contributed by atoms with E-state index in [1.165, 1.54) is 22.3 Å². The zero-order chi connectivity index (χ0) is 37.5. The minimum Gasteiger partial charge on any atom is -0.355 e. The molecule has 9 aromatic carbocycles. The number of anilines is 4. The molecule has 2 N–H and O–H groups in total. The molecule has 9 rings (SSSR count). The lowest BCUT2D eigenvalue weighted by atomic mass is 9.94. The summed E-state index contributed by atoms with van der Waals surface area (Å²) in [6.45, 7) is 0. The first kappa shape index (κ1) is 34.4. The van der Waals surface area contributed by atoms with Crippen molar-refractivity contribution in [2.45, 2.75) is 0 Å². The molecular formula is C54H40N2. The van der Waals surface area contributed by atoms with Crippen molar-refractivity contribution in [3.05, 3.63) is 231 Å². The topological polar surface area (TPSA) is 24.1 Å². The van der Waals surface area contributed by atoms with Crippen LogP contribution in [0.25, 0.3) is 66.8 Å². The lowest BCUT2D eigenvalue weighted by molar-refractivity contribution is 1.50. The van der Waals surface area contributed by atoms with Crippen molar-refractivity contribution >= 4 is 22.7 Å². The average Bonchev–Trinajstić information content (AvgIpc) is 3.28. The van der Waals surface area contributed by atoms with Gasteiger partial charge in [-0.3, -0.25) is 0 Å². The van der Waals surface area contributed by atoms with E-state index in [1.807, 2.05) is 0 Å². The standard InChI is InChI=1S/C54H40N2/c1-6-17-39(18-7-1)44-27-16-28-49(34-44)55-53-32-30-45(37-52(53)43-25-14-5-15-26-43)46-29-31-51(42-23-12-4-13-24-42)54(38-46)56-50-35-47(40-19-8-2-9-20-40)33-48(36-50)41-21-10-3-11-22-41/h1-38,55-56H. The predicted molar refractivity (Wildman–Crippen MR) is 239 cm³/mol. The Bertz CT molecular complexity index is 2650. The number of hydrogen-bond donors (Lipinski definition) is 2. The van der Waals surface area contributed by atoms with Crippen molar-refractivity contribution in [1.82, 2.24) is 0 Å². The van der Waals surface area contributed by atoms with Crippen molar-refractivity contribution in [3.63, 3.8) is 0 Å². The van der Waals surface area contributed by atoms with E-state index in [0.29, 0.717) is 0 Å². The van der Waals surface area contributed by atoms with Gasteiger partial charge in [0.1, 0.15) is 0 Å². The maximum Gasteiger partial charge on any atom is 0.0470 e. The fraction of sp³-hybridized carbons (Fsp3) is 0. The third kappa shape index (κ3) is 7.64. The molecule has 2 heteroatoms. The SMILES string of the molecule is c1ccc(-c2cccc(Nc3ccc(-c4ccc(-c5ccccc5)c(Nc5cc(-c6ccccc6)cc(-c6ccccc6)c5)c4)cc3-c3ccccc3)c2)cc1. The first-order chi connectivity index (χ1) is 27.7. The van der Waals surface area contributed by atoms with Crippen LogP contribution >= 0.6 is 0 Å². The number of benzene rings is 9. The average molecular weight is 717 g/mol. The molecule has 0 fully saturated rings. The van der Waals surface area contributed by atoms with Gasteiger partial charge in [0, 0.05) is 33.9 Å². The first-order valence-electron chi connectivity index (χ1n) is 19.1. The van der Waals surface area contributed by atoms with E-state index in [1.54, 1.807) is 0 Å². The molecule has 2 nitrogen and oxygen atoms in total. The van der Waals surface area contributed by atoms with Crippen LogP contribution in [0.2, 0.25) is 0 Å². The summed E-state index contributed by atoms with van der Waals surface area (Å²) in [5, 5.41) is 7.66. The summed E-state index contributed by atoms with van der Waals surface area (Å²) in [7, 11) is 0. The lowest BCUT2D eigenvalue weighted by Crippen LogP contribution is -1.97. The van der Waals surface area contributed by atoms with Crippen molar-refractivity contribution in [2.75, 3.05) is 10.6 Å². The molecule has 0 aromatic heterocycles. The van der Waals surface area contributed by atoms with Crippen LogP contribution in [-0.2, 0) is 0 Å². The van der Waals surface area contributed by atoms with Crippen LogP contribution in [-0.4, -0.2) is 0 Å². The van der Waals surface area contributed by atoms with Crippen LogP contribution in [0.3, 0.4) is 0 Å². The Hall–Kier alpha value is -7.42. The molecule has 0 unspecified atom stereocenters. The monoisotopic (exact) mass is 716 g/mol. The Balaban J connectivity index is 1.13. The molecule has 0 spiro atoms. The van der Waals surface area contributed by atoms with Gasteiger partial charge in [-0.25, -0.2) is 0 Å². The molecule has 56 heavy (non-hydrogen) atoms. The van der Waals surface area contributed by atoms with E-state index in [9.17, 15) is 0 Å². The molecule has 0 aliphatic heterocycles. The Morgan fingerprint density at radius 1 is 0.196 bits per heavy atom. The second-order valence-electron chi connectivity index (χ2n) is 14.0. The number of hydrogen-bond acceptors (Lipinski definition) is 2. The van der Waals surface area contributed by atoms with Crippen LogP contribution in [0.5, 0.6) is 0 Å². The van der Waals surface area contributed by atoms with Gasteiger partial charge in [0.15, 0.2) is 0 Å². The Morgan fingerprint density at radius 2 is 0.607 bits per heavy atom. The second kappa shape index (κ2) is 15.9. The van der Waals surface area contributed by atoms with Gasteiger partial charge >= 0.3 is 0 Å². The molecule has 0 bridgehead atoms. The van der Waals surface area contributed by atoms with Gasteiger partial charge in [0.25, 0.3) is 0 Å². The second-order valence-corrected chi connectivity index (χ2v) is 14.0. The molecule has 266 valence electrons. The minimum absolute atomic E-state index is 1.03. The van der Waals surface area contributed by atoms with Gasteiger partial charge in [0.2, 0.25) is 0 Å². The van der Waals surface area contributed by atoms with Gasteiger partial charge < -0.3 is 10.6 Å². The maximum absolute atomic E-state index is 3.90. The fourth-order valence-electron chi connectivity index (χ4n) is 7.40. The minimum atomic E-state index is 1.03. The molecule has 0 radical (unpaired) electrons. The summed E-state index contributed by atoms with van der Waals surface area (Å²) in [5.41, 5.74) is 18.1. The van der Waals surface area contributed by atoms with Crippen LogP contribution in [0.15, 0.2) is 231 Å². The Morgan fingerprint density at radius 3 is 1.18 bits per heavy atom. The van der Waals surface area contributed by atoms with Gasteiger partial charge in [-0.1, -0.05) is 182 Å². The number of rotatable bonds is 10. The van der Waals surface area contributed by atoms with Crippen molar-refractivity contribution in [2.24, 2.45) is 0 Å². The van der Waals surface area contributed by atoms with E-state index in [4.69, 9.17) is 0 Å². The zero-order valence-electron chi connectivity index (χ0n) is 30.9. The van der Waals surface area contributed by atoms with Crippen LogP contribution in [0, 0.1) is 0 Å². The summed E-state index contributed by atoms with van der Waals surface area (Å²) in [6.07, 6.45) is 0. The third-order valence-corrected chi connectivity index (χ3v) is 10.2. The van der Waals surface area contributed by atoms with Crippen molar-refractivity contribution in [3.8, 4) is 66.8 Å². The molecule has 0 saturated heterocycles.